The molecule has 1 aliphatic rings. The molecule has 0 aromatic heterocycles. The first kappa shape index (κ1) is 18.8. The molecule has 1 rings (SSSR count). The lowest BCUT2D eigenvalue weighted by molar-refractivity contribution is 0.342. The van der Waals surface area contributed by atoms with Crippen LogP contribution in [0.3, 0.4) is 0 Å². The van der Waals surface area contributed by atoms with Gasteiger partial charge in [-0.2, -0.15) is 0 Å². The molecule has 0 atom stereocenters. The molecular formula is C16H33N4P. The van der Waals surface area contributed by atoms with E-state index in [1.54, 1.807) is 5.31 Å². The first-order valence-electron chi connectivity index (χ1n) is 7.77. The molecule has 0 spiro atoms. The molecule has 0 radical (unpaired) electrons. The maximum Gasteiger partial charge on any atom is 0.0677 e. The summed E-state index contributed by atoms with van der Waals surface area (Å²) in [5, 5.41) is 1.61. The number of rotatable bonds is 9. The van der Waals surface area contributed by atoms with E-state index in [1.165, 1.54) is 0 Å². The quantitative estimate of drug-likeness (QED) is 0.479. The Labute approximate surface area is 132 Å². The van der Waals surface area contributed by atoms with Gasteiger partial charge in [-0.25, -0.2) is 0 Å². The van der Waals surface area contributed by atoms with Crippen LogP contribution in [0.4, 0.5) is 0 Å². The molecule has 0 fully saturated rings. The highest BCUT2D eigenvalue weighted by molar-refractivity contribution is 7.57. The second-order valence-corrected chi connectivity index (χ2v) is 8.78. The average Bonchev–Trinajstić information content (AvgIpc) is 2.44. The third kappa shape index (κ3) is 7.03. The molecule has 5 heteroatoms. The van der Waals surface area contributed by atoms with Gasteiger partial charge in [-0.1, -0.05) is 18.2 Å². The van der Waals surface area contributed by atoms with Gasteiger partial charge in [-0.15, -0.1) is 0 Å². The lowest BCUT2D eigenvalue weighted by Crippen LogP contribution is -2.33. The van der Waals surface area contributed by atoms with Crippen molar-refractivity contribution < 1.29 is 0 Å². The summed E-state index contributed by atoms with van der Waals surface area (Å²) in [5.74, 6) is 0. The van der Waals surface area contributed by atoms with E-state index in [1.807, 2.05) is 0 Å². The fraction of sp³-hybridized carbons (Fsp3) is 0.750. The van der Waals surface area contributed by atoms with Crippen molar-refractivity contribution in [2.75, 3.05) is 68.5 Å². The monoisotopic (exact) mass is 312 g/mol. The summed E-state index contributed by atoms with van der Waals surface area (Å²) in [4.78, 5) is 4.53. The number of likely N-dealkylation sites (N-methyl/N-ethyl adjacent to an activating group) is 4. The Morgan fingerprint density at radius 3 is 1.71 bits per heavy atom. The third-order valence-corrected chi connectivity index (χ3v) is 6.20. The second kappa shape index (κ2) is 9.70. The van der Waals surface area contributed by atoms with Crippen LogP contribution in [0.1, 0.15) is 12.8 Å². The standard InChI is InChI=1S/C16H33N4P/c1-17(2)12-14-19(5)21(16-10-8-7-9-11-16)20(6)15-13-18(3)4/h7-8,11H,9-10,12-15H2,1-6H3. The van der Waals surface area contributed by atoms with E-state index in [0.717, 1.165) is 39.0 Å². The van der Waals surface area contributed by atoms with Gasteiger partial charge in [0.15, 0.2) is 0 Å². The van der Waals surface area contributed by atoms with Gasteiger partial charge < -0.3 is 9.80 Å². The Balaban J connectivity index is 2.71. The van der Waals surface area contributed by atoms with Crippen molar-refractivity contribution in [3.05, 3.63) is 23.5 Å². The van der Waals surface area contributed by atoms with E-state index < -0.39 is 0 Å². The first-order valence-corrected chi connectivity index (χ1v) is 9.02. The third-order valence-electron chi connectivity index (χ3n) is 3.63. The number of hydrogen-bond donors (Lipinski definition) is 0. The zero-order valence-electron chi connectivity index (χ0n) is 14.7. The Kier molecular flexibility index (Phi) is 8.69. The zero-order chi connectivity index (χ0) is 15.8. The fourth-order valence-corrected chi connectivity index (χ4v) is 4.82. The molecule has 0 bridgehead atoms. The Bertz CT molecular complexity index is 334. The summed E-state index contributed by atoms with van der Waals surface area (Å²) in [6.07, 6.45) is 9.24. The summed E-state index contributed by atoms with van der Waals surface area (Å²) in [5.41, 5.74) is 0. The molecule has 1 aliphatic carbocycles. The van der Waals surface area contributed by atoms with Gasteiger partial charge in [0.2, 0.25) is 0 Å². The van der Waals surface area contributed by atoms with Gasteiger partial charge in [-0.3, -0.25) is 9.34 Å². The molecule has 0 heterocycles. The smallest absolute Gasteiger partial charge is 0.0677 e. The van der Waals surface area contributed by atoms with Gasteiger partial charge in [0.05, 0.1) is 8.22 Å². The SMILES string of the molecule is CN(C)CCN(C)P(C1=CCC=CC1)N(C)CCN(C)C. The van der Waals surface area contributed by atoms with Crippen molar-refractivity contribution in [2.45, 2.75) is 12.8 Å². The predicted octanol–water partition coefficient (Wildman–Crippen LogP) is 2.52. The van der Waals surface area contributed by atoms with Crippen molar-refractivity contribution in [1.82, 2.24) is 19.1 Å². The molecule has 122 valence electrons. The molecule has 0 saturated heterocycles. The van der Waals surface area contributed by atoms with E-state index in [-0.39, 0.29) is 8.22 Å². The van der Waals surface area contributed by atoms with Crippen molar-refractivity contribution in [3.63, 3.8) is 0 Å². The Morgan fingerprint density at radius 1 is 0.810 bits per heavy atom. The summed E-state index contributed by atoms with van der Waals surface area (Å²) < 4.78 is 5.10. The van der Waals surface area contributed by atoms with Crippen LogP contribution in [0.15, 0.2) is 23.5 Å². The van der Waals surface area contributed by atoms with Crippen LogP contribution in [-0.2, 0) is 0 Å². The largest absolute Gasteiger partial charge is 0.308 e. The molecule has 0 aromatic carbocycles. The molecule has 0 N–H and O–H groups in total. The van der Waals surface area contributed by atoms with Crippen molar-refractivity contribution in [3.8, 4) is 0 Å². The fourth-order valence-electron chi connectivity index (χ4n) is 2.33. The van der Waals surface area contributed by atoms with Crippen molar-refractivity contribution >= 4 is 8.22 Å². The highest BCUT2D eigenvalue weighted by atomic mass is 31.1. The molecule has 0 unspecified atom stereocenters. The molecular weight excluding hydrogens is 279 g/mol. The minimum Gasteiger partial charge on any atom is -0.308 e. The van der Waals surface area contributed by atoms with Crippen molar-refractivity contribution in [2.24, 2.45) is 0 Å². The molecule has 0 aromatic rings. The average molecular weight is 312 g/mol. The highest BCUT2D eigenvalue weighted by Gasteiger charge is 2.24. The van der Waals surface area contributed by atoms with Crippen molar-refractivity contribution in [1.29, 1.82) is 0 Å². The summed E-state index contributed by atoms with van der Waals surface area (Å²) in [7, 11) is 12.8. The summed E-state index contributed by atoms with van der Waals surface area (Å²) >= 11 is 0. The predicted molar refractivity (Wildman–Crippen MR) is 95.7 cm³/mol. The summed E-state index contributed by atoms with van der Waals surface area (Å²) in [6, 6.07) is 0. The van der Waals surface area contributed by atoms with Crippen LogP contribution in [0, 0.1) is 0 Å². The molecule has 4 nitrogen and oxygen atoms in total. The lowest BCUT2D eigenvalue weighted by Gasteiger charge is -2.38. The summed E-state index contributed by atoms with van der Waals surface area (Å²) in [6.45, 7) is 4.46. The van der Waals surface area contributed by atoms with Gasteiger partial charge in [-0.05, 0) is 60.4 Å². The van der Waals surface area contributed by atoms with Crippen LogP contribution in [-0.4, -0.2) is 87.6 Å². The topological polar surface area (TPSA) is 13.0 Å². The maximum atomic E-state index is 2.55. The maximum absolute atomic E-state index is 2.55. The normalized spacial score (nSPS) is 15.9. The number of hydrogen-bond acceptors (Lipinski definition) is 4. The molecule has 0 amide bonds. The van der Waals surface area contributed by atoms with E-state index in [2.05, 4.69) is 79.7 Å². The Hall–Kier alpha value is -0.250. The van der Waals surface area contributed by atoms with E-state index >= 15 is 0 Å². The van der Waals surface area contributed by atoms with E-state index in [4.69, 9.17) is 0 Å². The van der Waals surface area contributed by atoms with E-state index in [9.17, 15) is 0 Å². The van der Waals surface area contributed by atoms with Crippen LogP contribution >= 0.6 is 8.22 Å². The zero-order valence-corrected chi connectivity index (χ0v) is 15.6. The molecule has 21 heavy (non-hydrogen) atoms. The molecule has 0 aliphatic heterocycles. The first-order chi connectivity index (χ1) is 9.91. The minimum atomic E-state index is -0.339. The van der Waals surface area contributed by atoms with Gasteiger partial charge in [0.25, 0.3) is 0 Å². The number of nitrogens with zero attached hydrogens (tertiary/aromatic N) is 4. The van der Waals surface area contributed by atoms with Gasteiger partial charge in [0.1, 0.15) is 0 Å². The van der Waals surface area contributed by atoms with Crippen LogP contribution < -0.4 is 0 Å². The van der Waals surface area contributed by atoms with Crippen LogP contribution in [0.25, 0.3) is 0 Å². The second-order valence-electron chi connectivity index (χ2n) is 6.27. The molecule has 0 saturated carbocycles. The van der Waals surface area contributed by atoms with Gasteiger partial charge in [0, 0.05) is 26.2 Å². The highest BCUT2D eigenvalue weighted by Crippen LogP contribution is 2.52. The minimum absolute atomic E-state index is 0.339. The van der Waals surface area contributed by atoms with Crippen LogP contribution in [0.2, 0.25) is 0 Å². The number of allylic oxidation sites excluding steroid dienone is 4. The van der Waals surface area contributed by atoms with E-state index in [0.29, 0.717) is 0 Å². The van der Waals surface area contributed by atoms with Crippen LogP contribution in [0.5, 0.6) is 0 Å². The lowest BCUT2D eigenvalue weighted by atomic mass is 10.2. The Morgan fingerprint density at radius 2 is 1.33 bits per heavy atom. The van der Waals surface area contributed by atoms with Gasteiger partial charge >= 0.3 is 0 Å².